The molecule has 23 heavy (non-hydrogen) atoms. The number of benzene rings is 1. The van der Waals surface area contributed by atoms with Gasteiger partial charge < -0.3 is 15.2 Å². The van der Waals surface area contributed by atoms with Crippen LogP contribution in [0.15, 0.2) is 22.7 Å². The fraction of sp³-hybridized carbons (Fsp3) is 0.438. The molecule has 1 saturated heterocycles. The molecule has 0 spiro atoms. The highest BCUT2D eigenvalue weighted by molar-refractivity contribution is 9.10. The Labute approximate surface area is 149 Å². The van der Waals surface area contributed by atoms with E-state index in [0.717, 1.165) is 48.1 Å². The minimum atomic E-state index is -0.0988. The third-order valence-corrected chi connectivity index (χ3v) is 5.29. The van der Waals surface area contributed by atoms with Crippen LogP contribution in [0.3, 0.4) is 0 Å². The number of amides is 1. The van der Waals surface area contributed by atoms with Crippen molar-refractivity contribution in [1.29, 1.82) is 0 Å². The Morgan fingerprint density at radius 3 is 2.83 bits per heavy atom. The van der Waals surface area contributed by atoms with Gasteiger partial charge in [-0.05, 0) is 41.2 Å². The summed E-state index contributed by atoms with van der Waals surface area (Å²) in [6.45, 7) is 5.81. The third-order valence-electron chi connectivity index (χ3n) is 4.23. The summed E-state index contributed by atoms with van der Waals surface area (Å²) < 4.78 is 0.757. The van der Waals surface area contributed by atoms with Crippen molar-refractivity contribution in [3.05, 3.63) is 33.4 Å². The Kier molecular flexibility index (Phi) is 5.26. The van der Waals surface area contributed by atoms with Crippen LogP contribution in [0.25, 0.3) is 10.9 Å². The van der Waals surface area contributed by atoms with E-state index in [1.54, 1.807) is 0 Å². The number of nitrogens with one attached hydrogen (secondary N) is 2. The van der Waals surface area contributed by atoms with E-state index in [2.05, 4.69) is 43.1 Å². The van der Waals surface area contributed by atoms with Gasteiger partial charge in [-0.1, -0.05) is 11.6 Å². The number of carbonyl (C=O) groups excluding carboxylic acids is 1. The van der Waals surface area contributed by atoms with E-state index < -0.39 is 0 Å². The van der Waals surface area contributed by atoms with Crippen LogP contribution in [0.2, 0.25) is 5.02 Å². The number of H-pyrrole nitrogens is 1. The van der Waals surface area contributed by atoms with E-state index in [-0.39, 0.29) is 5.91 Å². The number of likely N-dealkylation sites (N-methyl/N-ethyl adjacent to an activating group) is 1. The Balaban J connectivity index is 1.59. The number of carbonyl (C=O) groups is 1. The second-order valence-corrected chi connectivity index (χ2v) is 7.13. The lowest BCUT2D eigenvalue weighted by atomic mass is 10.2. The van der Waals surface area contributed by atoms with Gasteiger partial charge in [-0.25, -0.2) is 0 Å². The normalized spacial score (nSPS) is 16.8. The number of aromatic nitrogens is 1. The summed E-state index contributed by atoms with van der Waals surface area (Å²) in [7, 11) is 2.14. The maximum atomic E-state index is 12.4. The van der Waals surface area contributed by atoms with Gasteiger partial charge in [0.25, 0.3) is 5.91 Å². The largest absolute Gasteiger partial charge is 0.350 e. The lowest BCUT2D eigenvalue weighted by molar-refractivity contribution is 0.0936. The monoisotopic (exact) mass is 398 g/mol. The van der Waals surface area contributed by atoms with Crippen LogP contribution < -0.4 is 5.32 Å². The molecule has 2 N–H and O–H groups in total. The SMILES string of the molecule is CN1CCN(CCNC(=O)c2[nH]c3ccc(Cl)cc3c2Br)CC1. The Bertz CT molecular complexity index is 709. The highest BCUT2D eigenvalue weighted by atomic mass is 79.9. The molecule has 3 rings (SSSR count). The molecule has 124 valence electrons. The summed E-state index contributed by atoms with van der Waals surface area (Å²) in [4.78, 5) is 20.2. The average Bonchev–Trinajstić information content (AvgIpc) is 2.86. The van der Waals surface area contributed by atoms with Crippen molar-refractivity contribution in [2.24, 2.45) is 0 Å². The van der Waals surface area contributed by atoms with Crippen LogP contribution in [0.5, 0.6) is 0 Å². The number of hydrogen-bond acceptors (Lipinski definition) is 3. The first-order valence-corrected chi connectivity index (χ1v) is 8.87. The van der Waals surface area contributed by atoms with Crippen molar-refractivity contribution < 1.29 is 4.79 Å². The average molecular weight is 400 g/mol. The number of aromatic amines is 1. The zero-order chi connectivity index (χ0) is 16.4. The summed E-state index contributed by atoms with van der Waals surface area (Å²) in [5.74, 6) is -0.0988. The molecule has 1 aliphatic rings. The van der Waals surface area contributed by atoms with E-state index in [1.807, 2.05) is 18.2 Å². The van der Waals surface area contributed by atoms with E-state index in [1.165, 1.54) is 0 Å². The van der Waals surface area contributed by atoms with Crippen LogP contribution in [0, 0.1) is 0 Å². The third kappa shape index (κ3) is 3.88. The van der Waals surface area contributed by atoms with Crippen molar-refractivity contribution in [3.63, 3.8) is 0 Å². The van der Waals surface area contributed by atoms with Crippen LogP contribution in [-0.4, -0.2) is 67.0 Å². The van der Waals surface area contributed by atoms with Gasteiger partial charge in [0, 0.05) is 55.2 Å². The molecule has 5 nitrogen and oxygen atoms in total. The second kappa shape index (κ2) is 7.21. The van der Waals surface area contributed by atoms with Gasteiger partial charge in [-0.2, -0.15) is 0 Å². The molecule has 0 aliphatic carbocycles. The molecule has 2 heterocycles. The zero-order valence-electron chi connectivity index (χ0n) is 13.0. The Morgan fingerprint density at radius 2 is 2.09 bits per heavy atom. The van der Waals surface area contributed by atoms with Gasteiger partial charge >= 0.3 is 0 Å². The minimum absolute atomic E-state index is 0.0988. The molecule has 0 saturated carbocycles. The van der Waals surface area contributed by atoms with Gasteiger partial charge in [0.1, 0.15) is 5.69 Å². The van der Waals surface area contributed by atoms with E-state index in [9.17, 15) is 4.79 Å². The highest BCUT2D eigenvalue weighted by Crippen LogP contribution is 2.29. The maximum Gasteiger partial charge on any atom is 0.268 e. The van der Waals surface area contributed by atoms with Crippen LogP contribution in [0.1, 0.15) is 10.5 Å². The van der Waals surface area contributed by atoms with Crippen molar-refractivity contribution in [3.8, 4) is 0 Å². The molecular weight excluding hydrogens is 380 g/mol. The molecule has 2 aromatic rings. The molecule has 0 atom stereocenters. The fourth-order valence-electron chi connectivity index (χ4n) is 2.78. The number of fused-ring (bicyclic) bond motifs is 1. The Hall–Kier alpha value is -1.08. The summed E-state index contributed by atoms with van der Waals surface area (Å²) in [6, 6.07) is 5.53. The summed E-state index contributed by atoms with van der Waals surface area (Å²) in [5.41, 5.74) is 1.44. The number of hydrogen-bond donors (Lipinski definition) is 2. The van der Waals surface area contributed by atoms with Gasteiger partial charge in [-0.15, -0.1) is 0 Å². The van der Waals surface area contributed by atoms with E-state index in [4.69, 9.17) is 11.6 Å². The van der Waals surface area contributed by atoms with E-state index >= 15 is 0 Å². The van der Waals surface area contributed by atoms with E-state index in [0.29, 0.717) is 17.3 Å². The molecule has 1 fully saturated rings. The molecule has 1 aromatic carbocycles. The summed E-state index contributed by atoms with van der Waals surface area (Å²) in [5, 5.41) is 4.56. The van der Waals surface area contributed by atoms with Gasteiger partial charge in [0.15, 0.2) is 0 Å². The fourth-order valence-corrected chi connectivity index (χ4v) is 3.55. The van der Waals surface area contributed by atoms with Gasteiger partial charge in [0.2, 0.25) is 0 Å². The second-order valence-electron chi connectivity index (χ2n) is 5.90. The zero-order valence-corrected chi connectivity index (χ0v) is 15.4. The van der Waals surface area contributed by atoms with Crippen LogP contribution in [-0.2, 0) is 0 Å². The highest BCUT2D eigenvalue weighted by Gasteiger charge is 2.17. The van der Waals surface area contributed by atoms with Gasteiger partial charge in [-0.3, -0.25) is 9.69 Å². The first-order chi connectivity index (χ1) is 11.0. The molecule has 0 radical (unpaired) electrons. The smallest absolute Gasteiger partial charge is 0.268 e. The molecule has 0 unspecified atom stereocenters. The van der Waals surface area contributed by atoms with Gasteiger partial charge in [0.05, 0.1) is 4.47 Å². The number of rotatable bonds is 4. The summed E-state index contributed by atoms with van der Waals surface area (Å²) in [6.07, 6.45) is 0. The maximum absolute atomic E-state index is 12.4. The van der Waals surface area contributed by atoms with Crippen molar-refractivity contribution in [1.82, 2.24) is 20.1 Å². The first kappa shape index (κ1) is 16.8. The number of halogens is 2. The summed E-state index contributed by atoms with van der Waals surface area (Å²) >= 11 is 9.51. The minimum Gasteiger partial charge on any atom is -0.350 e. The Morgan fingerprint density at radius 1 is 1.35 bits per heavy atom. The molecule has 1 amide bonds. The standard InChI is InChI=1S/C16H20BrClN4O/c1-21-6-8-22(9-7-21)5-4-19-16(23)15-14(17)12-10-11(18)2-3-13(12)20-15/h2-3,10,20H,4-9H2,1H3,(H,19,23). The van der Waals surface area contributed by atoms with Crippen molar-refractivity contribution >= 4 is 44.3 Å². The predicted molar refractivity (Wildman–Crippen MR) is 97.3 cm³/mol. The quantitative estimate of drug-likeness (QED) is 0.831. The number of nitrogens with zero attached hydrogens (tertiary/aromatic N) is 2. The predicted octanol–water partition coefficient (Wildman–Crippen LogP) is 2.56. The van der Waals surface area contributed by atoms with Crippen LogP contribution in [0.4, 0.5) is 0 Å². The lowest BCUT2D eigenvalue weighted by Gasteiger charge is -2.32. The topological polar surface area (TPSA) is 51.4 Å². The number of piperazine rings is 1. The molecule has 1 aromatic heterocycles. The first-order valence-electron chi connectivity index (χ1n) is 7.70. The van der Waals surface area contributed by atoms with Crippen molar-refractivity contribution in [2.45, 2.75) is 0 Å². The van der Waals surface area contributed by atoms with Crippen LogP contribution >= 0.6 is 27.5 Å². The lowest BCUT2D eigenvalue weighted by Crippen LogP contribution is -2.46. The molecule has 1 aliphatic heterocycles. The molecular formula is C16H20BrClN4O. The molecule has 7 heteroatoms. The van der Waals surface area contributed by atoms with Crippen molar-refractivity contribution in [2.75, 3.05) is 46.3 Å². The molecule has 0 bridgehead atoms.